The Bertz CT molecular complexity index is 408. The van der Waals surface area contributed by atoms with E-state index in [0.29, 0.717) is 0 Å². The number of carbonyl (C=O) groups excluding carboxylic acids is 2. The summed E-state index contributed by atoms with van der Waals surface area (Å²) in [5, 5.41) is 8.97. The van der Waals surface area contributed by atoms with Crippen molar-refractivity contribution in [3.63, 3.8) is 0 Å². The van der Waals surface area contributed by atoms with Crippen LogP contribution >= 0.6 is 0 Å². The van der Waals surface area contributed by atoms with Crippen molar-refractivity contribution < 1.29 is 27.9 Å². The fourth-order valence-corrected chi connectivity index (χ4v) is 2.97. The summed E-state index contributed by atoms with van der Waals surface area (Å²) in [6, 6.07) is 0.135. The zero-order valence-corrected chi connectivity index (χ0v) is 11.6. The fourth-order valence-electron chi connectivity index (χ4n) is 2.97. The molecule has 1 heterocycles. The smallest absolute Gasteiger partial charge is 0.376 e. The summed E-state index contributed by atoms with van der Waals surface area (Å²) in [6.45, 7) is -0.115. The summed E-state index contributed by atoms with van der Waals surface area (Å²) in [5.74, 6) is -1.78. The van der Waals surface area contributed by atoms with Crippen LogP contribution in [-0.2, 0) is 9.59 Å². The van der Waals surface area contributed by atoms with E-state index in [2.05, 4.69) is 0 Å². The van der Waals surface area contributed by atoms with Gasteiger partial charge < -0.3 is 14.9 Å². The molecule has 0 radical (unpaired) electrons. The third-order valence-electron chi connectivity index (χ3n) is 4.13. The molecule has 1 saturated heterocycles. The Morgan fingerprint density at radius 1 is 1.19 bits per heavy atom. The molecule has 8 heteroatoms. The lowest BCUT2D eigenvalue weighted by Crippen LogP contribution is -2.58. The predicted octanol–water partition coefficient (Wildman–Crippen LogP) is 0.913. The molecule has 0 aromatic carbocycles. The van der Waals surface area contributed by atoms with E-state index < -0.39 is 18.2 Å². The Hall–Kier alpha value is -1.31. The molecule has 1 aliphatic heterocycles. The van der Waals surface area contributed by atoms with Crippen LogP contribution in [0.1, 0.15) is 32.1 Å². The van der Waals surface area contributed by atoms with Gasteiger partial charge >= 0.3 is 6.18 Å². The van der Waals surface area contributed by atoms with Gasteiger partial charge in [-0.25, -0.2) is 0 Å². The van der Waals surface area contributed by atoms with Gasteiger partial charge in [-0.15, -0.1) is 0 Å². The molecule has 1 N–H and O–H groups in total. The number of amides is 2. The normalized spacial score (nSPS) is 23.3. The van der Waals surface area contributed by atoms with Gasteiger partial charge in [0, 0.05) is 19.1 Å². The molecule has 120 valence electrons. The van der Waals surface area contributed by atoms with E-state index in [9.17, 15) is 22.8 Å². The number of hydrogen-bond donors (Lipinski definition) is 1. The van der Waals surface area contributed by atoms with Gasteiger partial charge in [-0.05, 0) is 12.8 Å². The molecule has 5 nitrogen and oxygen atoms in total. The number of nitrogens with zero attached hydrogens (tertiary/aromatic N) is 2. The van der Waals surface area contributed by atoms with Crippen LogP contribution in [-0.4, -0.2) is 64.7 Å². The number of aliphatic hydroxyl groups is 1. The SMILES string of the molecule is O=C(C(O)C(F)(F)F)N1CCN(C2CCCCC2)C(=O)C1. The lowest BCUT2D eigenvalue weighted by atomic mass is 9.93. The van der Waals surface area contributed by atoms with E-state index in [0.717, 1.165) is 37.0 Å². The van der Waals surface area contributed by atoms with Gasteiger partial charge in [0.15, 0.2) is 0 Å². The molecule has 1 aliphatic carbocycles. The minimum atomic E-state index is -5.00. The van der Waals surface area contributed by atoms with Crippen LogP contribution < -0.4 is 0 Å². The van der Waals surface area contributed by atoms with Crippen molar-refractivity contribution in [2.75, 3.05) is 19.6 Å². The van der Waals surface area contributed by atoms with E-state index in [1.54, 1.807) is 4.90 Å². The molecule has 0 aromatic rings. The molecular weight excluding hydrogens is 289 g/mol. The van der Waals surface area contributed by atoms with Crippen LogP contribution in [0.25, 0.3) is 0 Å². The molecule has 0 spiro atoms. The fraction of sp³-hybridized carbons (Fsp3) is 0.846. The molecule has 2 aliphatic rings. The average Bonchev–Trinajstić information content (AvgIpc) is 2.45. The Morgan fingerprint density at radius 3 is 2.33 bits per heavy atom. The first kappa shape index (κ1) is 16.1. The molecule has 21 heavy (non-hydrogen) atoms. The number of alkyl halides is 3. The first-order valence-electron chi connectivity index (χ1n) is 7.13. The first-order chi connectivity index (χ1) is 9.80. The quantitative estimate of drug-likeness (QED) is 0.825. The highest BCUT2D eigenvalue weighted by atomic mass is 19.4. The van der Waals surface area contributed by atoms with Gasteiger partial charge in [-0.2, -0.15) is 13.2 Å². The second-order valence-corrected chi connectivity index (χ2v) is 5.58. The molecule has 2 rings (SSSR count). The van der Waals surface area contributed by atoms with E-state index in [1.807, 2.05) is 0 Å². The van der Waals surface area contributed by atoms with Crippen LogP contribution in [0.15, 0.2) is 0 Å². The second kappa shape index (κ2) is 6.21. The minimum absolute atomic E-state index is 0.0359. The van der Waals surface area contributed by atoms with Gasteiger partial charge in [0.1, 0.15) is 0 Å². The lowest BCUT2D eigenvalue weighted by Gasteiger charge is -2.41. The molecule has 2 fully saturated rings. The van der Waals surface area contributed by atoms with E-state index in [1.165, 1.54) is 0 Å². The minimum Gasteiger partial charge on any atom is -0.376 e. The van der Waals surface area contributed by atoms with Crippen molar-refractivity contribution in [1.82, 2.24) is 9.80 Å². The maximum Gasteiger partial charge on any atom is 0.423 e. The molecule has 1 saturated carbocycles. The van der Waals surface area contributed by atoms with Gasteiger partial charge in [0.05, 0.1) is 6.54 Å². The van der Waals surface area contributed by atoms with Gasteiger partial charge in [0.2, 0.25) is 12.0 Å². The Labute approximate surface area is 120 Å². The summed E-state index contributed by atoms with van der Waals surface area (Å²) in [6.07, 6.45) is -3.00. The van der Waals surface area contributed by atoms with Crippen molar-refractivity contribution >= 4 is 11.8 Å². The number of piperazine rings is 1. The molecule has 1 atom stereocenters. The summed E-state index contributed by atoms with van der Waals surface area (Å²) < 4.78 is 37.0. The maximum absolute atomic E-state index is 12.3. The van der Waals surface area contributed by atoms with Crippen LogP contribution in [0, 0.1) is 0 Å². The largest absolute Gasteiger partial charge is 0.423 e. The van der Waals surface area contributed by atoms with Crippen LogP contribution in [0.3, 0.4) is 0 Å². The number of aliphatic hydroxyl groups excluding tert-OH is 1. The van der Waals surface area contributed by atoms with Crippen molar-refractivity contribution in [3.8, 4) is 0 Å². The zero-order chi connectivity index (χ0) is 15.6. The maximum atomic E-state index is 12.3. The first-order valence-corrected chi connectivity index (χ1v) is 7.13. The Balaban J connectivity index is 1.94. The Kier molecular flexibility index (Phi) is 4.75. The van der Waals surface area contributed by atoms with Crippen LogP contribution in [0.5, 0.6) is 0 Å². The molecular formula is C13H19F3N2O3. The standard InChI is InChI=1S/C13H19F3N2O3/c14-13(15,16)11(20)12(21)17-6-7-18(10(19)8-17)9-4-2-1-3-5-9/h9,11,20H,1-8H2. The highest BCUT2D eigenvalue weighted by Crippen LogP contribution is 2.25. The van der Waals surface area contributed by atoms with E-state index in [-0.39, 0.29) is 31.6 Å². The third-order valence-corrected chi connectivity index (χ3v) is 4.13. The van der Waals surface area contributed by atoms with E-state index >= 15 is 0 Å². The predicted molar refractivity (Wildman–Crippen MR) is 67.2 cm³/mol. The Morgan fingerprint density at radius 2 is 1.81 bits per heavy atom. The summed E-state index contributed by atoms with van der Waals surface area (Å²) in [4.78, 5) is 26.1. The molecule has 2 amide bonds. The summed E-state index contributed by atoms with van der Waals surface area (Å²) in [5.41, 5.74) is 0. The highest BCUT2D eigenvalue weighted by molar-refractivity contribution is 5.88. The van der Waals surface area contributed by atoms with Gasteiger partial charge in [-0.3, -0.25) is 9.59 Å². The summed E-state index contributed by atoms with van der Waals surface area (Å²) in [7, 11) is 0. The third kappa shape index (κ3) is 3.66. The van der Waals surface area contributed by atoms with Crippen molar-refractivity contribution in [2.24, 2.45) is 0 Å². The topological polar surface area (TPSA) is 60.9 Å². The molecule has 1 unspecified atom stereocenters. The van der Waals surface area contributed by atoms with Crippen LogP contribution in [0.4, 0.5) is 13.2 Å². The number of carbonyl (C=O) groups is 2. The number of rotatable bonds is 2. The lowest BCUT2D eigenvalue weighted by molar-refractivity contribution is -0.211. The molecule has 0 aromatic heterocycles. The van der Waals surface area contributed by atoms with Crippen molar-refractivity contribution in [3.05, 3.63) is 0 Å². The van der Waals surface area contributed by atoms with Gasteiger partial charge in [0.25, 0.3) is 5.91 Å². The highest BCUT2D eigenvalue weighted by Gasteiger charge is 2.46. The monoisotopic (exact) mass is 308 g/mol. The average molecular weight is 308 g/mol. The molecule has 0 bridgehead atoms. The van der Waals surface area contributed by atoms with E-state index in [4.69, 9.17) is 5.11 Å². The van der Waals surface area contributed by atoms with Gasteiger partial charge in [-0.1, -0.05) is 19.3 Å². The van der Waals surface area contributed by atoms with Crippen molar-refractivity contribution in [1.29, 1.82) is 0 Å². The van der Waals surface area contributed by atoms with Crippen molar-refractivity contribution in [2.45, 2.75) is 50.4 Å². The summed E-state index contributed by atoms with van der Waals surface area (Å²) >= 11 is 0. The zero-order valence-electron chi connectivity index (χ0n) is 11.6. The number of halogens is 3. The second-order valence-electron chi connectivity index (χ2n) is 5.58. The number of hydrogen-bond acceptors (Lipinski definition) is 3. The van der Waals surface area contributed by atoms with Crippen LogP contribution in [0.2, 0.25) is 0 Å².